The summed E-state index contributed by atoms with van der Waals surface area (Å²) in [5, 5.41) is 0. The number of phosphoric ester groups is 1. The molecule has 0 saturated carbocycles. The van der Waals surface area contributed by atoms with Gasteiger partial charge in [0.25, 0.3) is 0 Å². The van der Waals surface area contributed by atoms with Crippen molar-refractivity contribution in [2.45, 2.75) is 290 Å². The Bertz CT molecular complexity index is 1500. The van der Waals surface area contributed by atoms with Crippen molar-refractivity contribution in [2.24, 2.45) is 5.73 Å². The number of carbonyl (C=O) groups excluding carboxylic acids is 2. The van der Waals surface area contributed by atoms with Crippen LogP contribution in [0.5, 0.6) is 0 Å². The van der Waals surface area contributed by atoms with E-state index < -0.39 is 26.5 Å². The monoisotopic (exact) mass is 1070 g/mol. The topological polar surface area (TPSA) is 134 Å². The van der Waals surface area contributed by atoms with Gasteiger partial charge in [0, 0.05) is 19.4 Å². The molecule has 0 bridgehead atoms. The molecule has 0 aliphatic carbocycles. The number of hydrogen-bond donors (Lipinski definition) is 2. The van der Waals surface area contributed by atoms with E-state index in [1.807, 2.05) is 0 Å². The molecule has 2 unspecified atom stereocenters. The molecule has 0 spiro atoms. The average Bonchev–Trinajstić information content (AvgIpc) is 3.40. The van der Waals surface area contributed by atoms with E-state index in [-0.39, 0.29) is 38.6 Å². The normalized spacial score (nSPS) is 13.6. The molecule has 0 amide bonds. The Labute approximate surface area is 462 Å². The van der Waals surface area contributed by atoms with E-state index in [1.165, 1.54) is 167 Å². The van der Waals surface area contributed by atoms with Crippen molar-refractivity contribution in [3.05, 3.63) is 85.1 Å². The van der Waals surface area contributed by atoms with E-state index in [9.17, 15) is 19.0 Å². The van der Waals surface area contributed by atoms with Crippen LogP contribution >= 0.6 is 7.82 Å². The molecular weight excluding hydrogens is 954 g/mol. The molecule has 0 aromatic heterocycles. The summed E-state index contributed by atoms with van der Waals surface area (Å²) >= 11 is 0. The number of hydrogen-bond acceptors (Lipinski definition) is 8. The number of ether oxygens (including phenoxy) is 2. The van der Waals surface area contributed by atoms with Gasteiger partial charge in [-0.2, -0.15) is 0 Å². The minimum atomic E-state index is -4.40. The summed E-state index contributed by atoms with van der Waals surface area (Å²) < 4.78 is 33.0. The second kappa shape index (κ2) is 60.4. The highest BCUT2D eigenvalue weighted by Crippen LogP contribution is 2.43. The number of phosphoric acid groups is 1. The lowest BCUT2D eigenvalue weighted by Gasteiger charge is -2.19. The van der Waals surface area contributed by atoms with Gasteiger partial charge in [0.05, 0.1) is 13.2 Å². The number of esters is 2. The van der Waals surface area contributed by atoms with Gasteiger partial charge in [-0.1, -0.05) is 266 Å². The van der Waals surface area contributed by atoms with Gasteiger partial charge in [-0.05, 0) is 89.9 Å². The summed E-state index contributed by atoms with van der Waals surface area (Å²) in [4.78, 5) is 35.2. The Morgan fingerprint density at radius 1 is 0.413 bits per heavy atom. The number of nitrogens with two attached hydrogens (primary N) is 1. The van der Waals surface area contributed by atoms with Crippen molar-refractivity contribution in [3.63, 3.8) is 0 Å². The minimum absolute atomic E-state index is 0.0457. The number of allylic oxidation sites excluding steroid dienone is 14. The maximum Gasteiger partial charge on any atom is 0.472 e. The van der Waals surface area contributed by atoms with Crippen LogP contribution in [0, 0.1) is 0 Å². The maximum atomic E-state index is 12.7. The largest absolute Gasteiger partial charge is 0.472 e. The van der Waals surface area contributed by atoms with Crippen LogP contribution in [-0.4, -0.2) is 49.3 Å². The fourth-order valence-corrected chi connectivity index (χ4v) is 9.46. The van der Waals surface area contributed by atoms with Crippen LogP contribution in [0.1, 0.15) is 284 Å². The highest BCUT2D eigenvalue weighted by molar-refractivity contribution is 7.47. The van der Waals surface area contributed by atoms with Crippen LogP contribution in [-0.2, 0) is 32.7 Å². The lowest BCUT2D eigenvalue weighted by atomic mass is 10.0. The van der Waals surface area contributed by atoms with Gasteiger partial charge in [-0.25, -0.2) is 4.57 Å². The van der Waals surface area contributed by atoms with Crippen molar-refractivity contribution < 1.29 is 37.6 Å². The third kappa shape index (κ3) is 60.3. The molecule has 9 nitrogen and oxygen atoms in total. The van der Waals surface area contributed by atoms with Crippen LogP contribution in [0.3, 0.4) is 0 Å². The Morgan fingerprint density at radius 3 is 1.11 bits per heavy atom. The molecule has 3 N–H and O–H groups in total. The molecule has 75 heavy (non-hydrogen) atoms. The van der Waals surface area contributed by atoms with E-state index in [1.54, 1.807) is 0 Å². The van der Waals surface area contributed by atoms with Crippen LogP contribution in [0.25, 0.3) is 0 Å². The maximum absolute atomic E-state index is 12.7. The summed E-state index contributed by atoms with van der Waals surface area (Å²) in [5.74, 6) is -0.852. The molecule has 0 heterocycles. The zero-order valence-corrected chi connectivity index (χ0v) is 49.4. The average molecular weight is 1070 g/mol. The standard InChI is InChI=1S/C65H116NO8P/c1-3-5-7-9-11-13-15-17-19-21-23-25-27-28-29-30-31-32-33-34-36-37-39-41-43-45-47-49-51-53-55-57-64(67)71-61-63(62-73-75(69,70)72-60-59-66)74-65(68)58-56-54-52-50-48-46-44-42-40-38-35-26-24-22-20-18-16-14-12-10-8-6-4-2/h6,8,12,14,18,20-21,23-24,26,38,40,44,46,63H,3-5,7,9-11,13,15-17,19,22,25,27-37,39,41-43,45,47-62,66H2,1-2H3,(H,69,70)/b8-6-,14-12-,20-18-,23-21-,26-24-,40-38-,46-44-. The van der Waals surface area contributed by atoms with Gasteiger partial charge in [0.1, 0.15) is 6.61 Å². The third-order valence-corrected chi connectivity index (χ3v) is 14.2. The van der Waals surface area contributed by atoms with E-state index in [0.29, 0.717) is 6.42 Å². The lowest BCUT2D eigenvalue weighted by molar-refractivity contribution is -0.161. The van der Waals surface area contributed by atoms with Crippen LogP contribution in [0.4, 0.5) is 0 Å². The molecule has 0 rings (SSSR count). The number of unbranched alkanes of at least 4 members (excludes halogenated alkanes) is 31. The molecule has 2 atom stereocenters. The van der Waals surface area contributed by atoms with Crippen molar-refractivity contribution >= 4 is 19.8 Å². The highest BCUT2D eigenvalue weighted by atomic mass is 31.2. The predicted molar refractivity (Wildman–Crippen MR) is 321 cm³/mol. The van der Waals surface area contributed by atoms with E-state index in [2.05, 4.69) is 98.9 Å². The Kier molecular flexibility index (Phi) is 58.2. The quantitative estimate of drug-likeness (QED) is 0.0264. The Morgan fingerprint density at radius 2 is 0.733 bits per heavy atom. The van der Waals surface area contributed by atoms with Crippen LogP contribution in [0.15, 0.2) is 85.1 Å². The molecule has 0 fully saturated rings. The van der Waals surface area contributed by atoms with Crippen molar-refractivity contribution in [2.75, 3.05) is 26.4 Å². The second-order valence-corrected chi connectivity index (χ2v) is 22.0. The molecule has 434 valence electrons. The summed E-state index contributed by atoms with van der Waals surface area (Å²) in [7, 11) is -4.40. The highest BCUT2D eigenvalue weighted by Gasteiger charge is 2.26. The molecule has 0 aromatic rings. The van der Waals surface area contributed by atoms with E-state index in [4.69, 9.17) is 24.3 Å². The number of rotatable bonds is 58. The van der Waals surface area contributed by atoms with E-state index >= 15 is 0 Å². The van der Waals surface area contributed by atoms with Crippen molar-refractivity contribution in [1.82, 2.24) is 0 Å². The molecule has 0 saturated heterocycles. The smallest absolute Gasteiger partial charge is 0.462 e. The molecule has 0 aliphatic heterocycles. The van der Waals surface area contributed by atoms with Gasteiger partial charge in [-0.3, -0.25) is 18.6 Å². The van der Waals surface area contributed by atoms with Gasteiger partial charge < -0.3 is 20.1 Å². The molecular formula is C65H116NO8P. The number of carbonyl (C=O) groups is 2. The first-order valence-corrected chi connectivity index (χ1v) is 32.6. The van der Waals surface area contributed by atoms with E-state index in [0.717, 1.165) is 83.5 Å². The van der Waals surface area contributed by atoms with Gasteiger partial charge in [0.15, 0.2) is 6.10 Å². The third-order valence-electron chi connectivity index (χ3n) is 13.3. The van der Waals surface area contributed by atoms with Crippen molar-refractivity contribution in [3.8, 4) is 0 Å². The zero-order valence-electron chi connectivity index (χ0n) is 48.5. The summed E-state index contributed by atoms with van der Waals surface area (Å²) in [6, 6.07) is 0. The first-order valence-electron chi connectivity index (χ1n) is 31.1. The molecule has 10 heteroatoms. The van der Waals surface area contributed by atoms with Gasteiger partial charge >= 0.3 is 19.8 Å². The van der Waals surface area contributed by atoms with Crippen molar-refractivity contribution in [1.29, 1.82) is 0 Å². The van der Waals surface area contributed by atoms with Crippen LogP contribution < -0.4 is 5.73 Å². The SMILES string of the molecule is CC/C=C\C/C=C\C/C=C\C/C=C\C/C=C\C/C=C\CCCCCCC(=O)OC(COC(=O)CCCCCCCCCCCCCCCCCCCCC/C=C\CCCCCCCCCC)COP(=O)(O)OCCN. The second-order valence-electron chi connectivity index (χ2n) is 20.5. The molecule has 0 aliphatic rings. The fourth-order valence-electron chi connectivity index (χ4n) is 8.69. The lowest BCUT2D eigenvalue weighted by Crippen LogP contribution is -2.29. The fraction of sp³-hybridized carbons (Fsp3) is 0.754. The summed E-state index contributed by atoms with van der Waals surface area (Å²) in [6.07, 6.45) is 79.4. The van der Waals surface area contributed by atoms with Gasteiger partial charge in [0.2, 0.25) is 0 Å². The predicted octanol–water partition coefficient (Wildman–Crippen LogP) is 19.9. The first kappa shape index (κ1) is 72.2. The van der Waals surface area contributed by atoms with Crippen LogP contribution in [0.2, 0.25) is 0 Å². The Balaban J connectivity index is 3.95. The zero-order chi connectivity index (χ0) is 54.5. The molecule has 0 aromatic carbocycles. The Hall–Kier alpha value is -2.81. The minimum Gasteiger partial charge on any atom is -0.462 e. The first-order chi connectivity index (χ1) is 36.8. The summed E-state index contributed by atoms with van der Waals surface area (Å²) in [6.45, 7) is 3.62. The summed E-state index contributed by atoms with van der Waals surface area (Å²) in [5.41, 5.74) is 5.38. The molecule has 0 radical (unpaired) electrons. The van der Waals surface area contributed by atoms with Gasteiger partial charge in [-0.15, -0.1) is 0 Å².